The van der Waals surface area contributed by atoms with Gasteiger partial charge in [-0.1, -0.05) is 6.92 Å². The topological polar surface area (TPSA) is 98.7 Å². The van der Waals surface area contributed by atoms with E-state index in [1.807, 2.05) is 35.9 Å². The minimum absolute atomic E-state index is 0.0951. The van der Waals surface area contributed by atoms with Gasteiger partial charge in [0.15, 0.2) is 17.0 Å². The highest BCUT2D eigenvalue weighted by Gasteiger charge is 2.30. The van der Waals surface area contributed by atoms with Gasteiger partial charge in [-0.05, 0) is 49.1 Å². The minimum atomic E-state index is -1.09. The van der Waals surface area contributed by atoms with E-state index in [9.17, 15) is 13.6 Å². The van der Waals surface area contributed by atoms with Crippen LogP contribution in [0.25, 0.3) is 10.9 Å². The number of nitrogens with two attached hydrogens (primary N) is 1. The predicted molar refractivity (Wildman–Crippen MR) is 157 cm³/mol. The third kappa shape index (κ3) is 5.24. The lowest BCUT2D eigenvalue weighted by Crippen LogP contribution is -2.48. The molecule has 9 nitrogen and oxygen atoms in total. The smallest absolute Gasteiger partial charge is 0.213 e. The molecule has 5 heterocycles. The molecule has 6 rings (SSSR count). The Hall–Kier alpha value is -4.25. The zero-order valence-electron chi connectivity index (χ0n) is 23.7. The van der Waals surface area contributed by atoms with Gasteiger partial charge in [-0.2, -0.15) is 4.39 Å². The maximum Gasteiger partial charge on any atom is 0.213 e. The molecule has 2 atom stereocenters. The average Bonchev–Trinajstić information content (AvgIpc) is 3.01. The van der Waals surface area contributed by atoms with Gasteiger partial charge in [0, 0.05) is 56.2 Å². The summed E-state index contributed by atoms with van der Waals surface area (Å²) in [4.78, 5) is 27.0. The van der Waals surface area contributed by atoms with Crippen molar-refractivity contribution in [3.63, 3.8) is 0 Å². The molecule has 2 N–H and O–H groups in total. The lowest BCUT2D eigenvalue weighted by atomic mass is 10.0. The van der Waals surface area contributed by atoms with E-state index in [-0.39, 0.29) is 35.3 Å². The van der Waals surface area contributed by atoms with Gasteiger partial charge in [0.1, 0.15) is 12.4 Å². The van der Waals surface area contributed by atoms with Crippen molar-refractivity contribution in [2.75, 3.05) is 37.4 Å². The Morgan fingerprint density at radius 2 is 2.05 bits per heavy atom. The highest BCUT2D eigenvalue weighted by atomic mass is 19.2. The van der Waals surface area contributed by atoms with Crippen LogP contribution in [0, 0.1) is 11.6 Å². The van der Waals surface area contributed by atoms with Crippen LogP contribution in [0.2, 0.25) is 0 Å². The molecule has 2 unspecified atom stereocenters. The molecule has 220 valence electrons. The number of rotatable bonds is 8. The molecule has 1 fully saturated rings. The number of ether oxygens (including phenoxy) is 2. The second-order valence-corrected chi connectivity index (χ2v) is 11.0. The number of halogens is 2. The van der Waals surface area contributed by atoms with Gasteiger partial charge in [-0.25, -0.2) is 14.4 Å². The molecule has 1 saturated heterocycles. The molecule has 0 saturated carbocycles. The number of hydrogen-bond acceptors (Lipinski definition) is 8. The van der Waals surface area contributed by atoms with Crippen molar-refractivity contribution in [3.8, 4) is 11.6 Å². The van der Waals surface area contributed by atoms with E-state index < -0.39 is 11.6 Å². The normalized spacial score (nSPS) is 18.4. The highest BCUT2D eigenvalue weighted by molar-refractivity contribution is 5.86. The van der Waals surface area contributed by atoms with Gasteiger partial charge in [-0.3, -0.25) is 9.69 Å². The molecule has 11 heteroatoms. The first-order valence-corrected chi connectivity index (χ1v) is 14.2. The quantitative estimate of drug-likeness (QED) is 0.323. The van der Waals surface area contributed by atoms with E-state index in [1.165, 1.54) is 0 Å². The molecule has 42 heavy (non-hydrogen) atoms. The first-order valence-electron chi connectivity index (χ1n) is 14.2. The molecule has 0 radical (unpaired) electrons. The number of piperidine rings is 1. The van der Waals surface area contributed by atoms with Crippen molar-refractivity contribution in [1.29, 1.82) is 0 Å². The van der Waals surface area contributed by atoms with Gasteiger partial charge in [0.25, 0.3) is 0 Å². The molecule has 0 bridgehead atoms. The summed E-state index contributed by atoms with van der Waals surface area (Å²) in [7, 11) is 1.58. The number of benzene rings is 1. The summed E-state index contributed by atoms with van der Waals surface area (Å²) in [6.45, 7) is 4.68. The van der Waals surface area contributed by atoms with E-state index >= 15 is 0 Å². The lowest BCUT2D eigenvalue weighted by Gasteiger charge is -2.40. The van der Waals surface area contributed by atoms with Gasteiger partial charge >= 0.3 is 0 Å². The van der Waals surface area contributed by atoms with Crippen molar-refractivity contribution < 1.29 is 18.3 Å². The van der Waals surface area contributed by atoms with Crippen LogP contribution in [0.5, 0.6) is 11.6 Å². The Morgan fingerprint density at radius 1 is 1.19 bits per heavy atom. The Morgan fingerprint density at radius 3 is 2.81 bits per heavy atom. The standard InChI is InChI=1S/C31H34F2N6O3/c1-3-21-18-42-31-28(33)25(32)12-24-29(31)39(21)16-20(30(24)40)15-38(14-19-8-9-35-27(11-19)41-2)23-5-4-10-37(17-23)22-6-7-26(34)36-13-22/h6-9,11-13,16,21,23H,3-5,10,14-15,17-18H2,1-2H3,(H2,34,36). The van der Waals surface area contributed by atoms with E-state index in [4.69, 9.17) is 15.2 Å². The van der Waals surface area contributed by atoms with Gasteiger partial charge in [0.05, 0.1) is 35.9 Å². The fraction of sp³-hybridized carbons (Fsp3) is 0.387. The monoisotopic (exact) mass is 576 g/mol. The van der Waals surface area contributed by atoms with Crippen LogP contribution in [0.3, 0.4) is 0 Å². The predicted octanol–water partition coefficient (Wildman–Crippen LogP) is 4.68. The number of anilines is 2. The molecule has 0 aliphatic carbocycles. The molecule has 2 aliphatic rings. The van der Waals surface area contributed by atoms with Gasteiger partial charge in [-0.15, -0.1) is 0 Å². The number of nitrogens with zero attached hydrogens (tertiary/aromatic N) is 5. The Balaban J connectivity index is 1.40. The summed E-state index contributed by atoms with van der Waals surface area (Å²) in [6.07, 6.45) is 7.90. The Bertz CT molecular complexity index is 1660. The van der Waals surface area contributed by atoms with Gasteiger partial charge in [0.2, 0.25) is 11.7 Å². The number of aromatic nitrogens is 3. The average molecular weight is 577 g/mol. The highest BCUT2D eigenvalue weighted by Crippen LogP contribution is 2.36. The second kappa shape index (κ2) is 11.6. The summed E-state index contributed by atoms with van der Waals surface area (Å²) >= 11 is 0. The van der Waals surface area contributed by atoms with Crippen molar-refractivity contribution in [2.24, 2.45) is 0 Å². The molecule has 1 aromatic carbocycles. The minimum Gasteiger partial charge on any atom is -0.486 e. The van der Waals surface area contributed by atoms with Crippen molar-refractivity contribution >= 4 is 22.4 Å². The van der Waals surface area contributed by atoms with Crippen LogP contribution in [-0.2, 0) is 13.1 Å². The van der Waals surface area contributed by atoms with Crippen molar-refractivity contribution in [1.82, 2.24) is 19.4 Å². The molecular weight excluding hydrogens is 542 g/mol. The molecule has 4 aromatic rings. The zero-order chi connectivity index (χ0) is 29.4. The fourth-order valence-corrected chi connectivity index (χ4v) is 6.09. The summed E-state index contributed by atoms with van der Waals surface area (Å²) in [5.74, 6) is -1.37. The van der Waals surface area contributed by atoms with Crippen LogP contribution in [-0.4, -0.2) is 52.3 Å². The molecular formula is C31H34F2N6O3. The first kappa shape index (κ1) is 27.9. The van der Waals surface area contributed by atoms with E-state index in [2.05, 4.69) is 19.8 Å². The second-order valence-electron chi connectivity index (χ2n) is 11.0. The van der Waals surface area contributed by atoms with E-state index in [0.717, 1.165) is 43.2 Å². The Labute approximate surface area is 242 Å². The summed E-state index contributed by atoms with van der Waals surface area (Å²) in [6, 6.07) is 8.59. The molecule has 2 aliphatic heterocycles. The summed E-state index contributed by atoms with van der Waals surface area (Å²) in [5, 5.41) is 0.128. The Kier molecular flexibility index (Phi) is 7.68. The third-order valence-electron chi connectivity index (χ3n) is 8.34. The SMILES string of the molecule is CCC1COc2c(F)c(F)cc3c(=O)c(CN(Cc4ccnc(OC)c4)C4CCCN(c5ccc(N)nc5)C4)cn1c23. The van der Waals surface area contributed by atoms with E-state index in [0.29, 0.717) is 42.3 Å². The number of pyridine rings is 3. The first-order chi connectivity index (χ1) is 20.4. The summed E-state index contributed by atoms with van der Waals surface area (Å²) in [5.41, 5.74) is 8.31. The van der Waals surface area contributed by atoms with Crippen LogP contribution in [0.4, 0.5) is 20.3 Å². The number of methoxy groups -OCH3 is 1. The van der Waals surface area contributed by atoms with Crippen LogP contribution < -0.4 is 25.5 Å². The van der Waals surface area contributed by atoms with Crippen LogP contribution in [0.1, 0.15) is 43.4 Å². The maximum absolute atomic E-state index is 14.7. The van der Waals surface area contributed by atoms with Crippen LogP contribution in [0.15, 0.2) is 53.7 Å². The summed E-state index contributed by atoms with van der Waals surface area (Å²) < 4.78 is 42.2. The maximum atomic E-state index is 14.7. The van der Waals surface area contributed by atoms with Crippen molar-refractivity contribution in [3.05, 3.63) is 81.9 Å². The van der Waals surface area contributed by atoms with Crippen molar-refractivity contribution in [2.45, 2.75) is 51.4 Å². The number of hydrogen-bond donors (Lipinski definition) is 1. The van der Waals surface area contributed by atoms with Crippen LogP contribution >= 0.6 is 0 Å². The van der Waals surface area contributed by atoms with Gasteiger partial charge < -0.3 is 24.7 Å². The third-order valence-corrected chi connectivity index (χ3v) is 8.34. The molecule has 0 spiro atoms. The van der Waals surface area contributed by atoms with E-state index in [1.54, 1.807) is 25.6 Å². The largest absolute Gasteiger partial charge is 0.486 e. The molecule has 0 amide bonds. The lowest BCUT2D eigenvalue weighted by molar-refractivity contribution is 0.157. The molecule has 3 aromatic heterocycles. The fourth-order valence-electron chi connectivity index (χ4n) is 6.09. The zero-order valence-corrected chi connectivity index (χ0v) is 23.7. The number of nitrogen functional groups attached to an aromatic ring is 1.